The minimum atomic E-state index is -0.511. The van der Waals surface area contributed by atoms with Crippen molar-refractivity contribution in [2.24, 2.45) is 0 Å². The van der Waals surface area contributed by atoms with Crippen molar-refractivity contribution >= 4 is 23.7 Å². The van der Waals surface area contributed by atoms with Crippen LogP contribution in [0.3, 0.4) is 0 Å². The Morgan fingerprint density at radius 1 is 0.514 bits per heavy atom. The smallest absolute Gasteiger partial charge is 0.343 e. The molecule has 0 radical (unpaired) electrons. The number of hydrogen-bond acceptors (Lipinski definition) is 5. The standard InChI is InChI=1S/C32H30O4S/c1-19-17-18-20(2)29(21(19)3)37-30-23(5)22(4)27(35-31(33)25-13-9-7-10-14-25)28(24(30)6)36-32(34)26-15-11-8-12-16-26/h7-18H,1-6H3. The molecule has 4 aromatic carbocycles. The van der Waals surface area contributed by atoms with E-state index in [0.717, 1.165) is 21.6 Å². The quantitative estimate of drug-likeness (QED) is 0.194. The van der Waals surface area contributed by atoms with E-state index in [9.17, 15) is 9.59 Å². The van der Waals surface area contributed by atoms with Gasteiger partial charge in [0.05, 0.1) is 11.1 Å². The topological polar surface area (TPSA) is 52.6 Å². The lowest BCUT2D eigenvalue weighted by molar-refractivity contribution is 0.0679. The molecule has 5 heteroatoms. The van der Waals surface area contributed by atoms with Gasteiger partial charge in [0.25, 0.3) is 0 Å². The maximum absolute atomic E-state index is 13.1. The van der Waals surface area contributed by atoms with Gasteiger partial charge in [0.15, 0.2) is 11.5 Å². The van der Waals surface area contributed by atoms with Gasteiger partial charge in [0, 0.05) is 15.4 Å². The van der Waals surface area contributed by atoms with Crippen LogP contribution in [0.5, 0.6) is 11.5 Å². The van der Waals surface area contributed by atoms with Crippen LogP contribution in [0.1, 0.15) is 54.1 Å². The van der Waals surface area contributed by atoms with Crippen molar-refractivity contribution in [1.82, 2.24) is 0 Å². The lowest BCUT2D eigenvalue weighted by Crippen LogP contribution is -2.15. The average Bonchev–Trinajstić information content (AvgIpc) is 2.92. The van der Waals surface area contributed by atoms with Gasteiger partial charge >= 0.3 is 11.9 Å². The molecule has 0 N–H and O–H groups in total. The predicted molar refractivity (Wildman–Crippen MR) is 148 cm³/mol. The fraction of sp³-hybridized carbons (Fsp3) is 0.188. The summed E-state index contributed by atoms with van der Waals surface area (Å²) in [5.74, 6) is -0.505. The Bertz CT molecular complexity index is 1470. The Hall–Kier alpha value is -3.83. The highest BCUT2D eigenvalue weighted by Gasteiger charge is 2.26. The third-order valence-corrected chi connectivity index (χ3v) is 8.27. The second-order valence-electron chi connectivity index (χ2n) is 9.13. The number of aryl methyl sites for hydroxylation is 2. The zero-order chi connectivity index (χ0) is 26.7. The number of hydrogen-bond donors (Lipinski definition) is 0. The first kappa shape index (κ1) is 26.2. The van der Waals surface area contributed by atoms with Gasteiger partial charge in [0.2, 0.25) is 0 Å². The zero-order valence-electron chi connectivity index (χ0n) is 22.0. The van der Waals surface area contributed by atoms with E-state index >= 15 is 0 Å². The molecule has 0 saturated heterocycles. The molecular weight excluding hydrogens is 480 g/mol. The number of benzene rings is 4. The van der Waals surface area contributed by atoms with Gasteiger partial charge in [-0.1, -0.05) is 60.3 Å². The molecule has 4 aromatic rings. The second kappa shape index (κ2) is 11.1. The molecule has 0 atom stereocenters. The van der Waals surface area contributed by atoms with Gasteiger partial charge in [-0.05, 0) is 93.6 Å². The minimum Gasteiger partial charge on any atom is -0.419 e. The molecular formula is C32H30O4S. The number of esters is 2. The average molecular weight is 511 g/mol. The summed E-state index contributed by atoms with van der Waals surface area (Å²) in [4.78, 5) is 28.3. The molecule has 0 spiro atoms. The Morgan fingerprint density at radius 3 is 1.49 bits per heavy atom. The van der Waals surface area contributed by atoms with Crippen LogP contribution in [-0.2, 0) is 0 Å². The molecule has 37 heavy (non-hydrogen) atoms. The molecule has 0 aliphatic carbocycles. The molecule has 4 rings (SSSR count). The highest BCUT2D eigenvalue weighted by atomic mass is 32.2. The Balaban J connectivity index is 1.85. The highest BCUT2D eigenvalue weighted by molar-refractivity contribution is 7.99. The first-order valence-corrected chi connectivity index (χ1v) is 12.9. The van der Waals surface area contributed by atoms with Crippen molar-refractivity contribution in [2.75, 3.05) is 0 Å². The Kier molecular flexibility index (Phi) is 7.84. The first-order valence-electron chi connectivity index (χ1n) is 12.1. The molecule has 0 aromatic heterocycles. The highest BCUT2D eigenvalue weighted by Crippen LogP contribution is 2.47. The van der Waals surface area contributed by atoms with Gasteiger partial charge < -0.3 is 9.47 Å². The van der Waals surface area contributed by atoms with E-state index < -0.39 is 11.9 Å². The molecule has 188 valence electrons. The number of carbonyl (C=O) groups excluding carboxylic acids is 2. The SMILES string of the molecule is Cc1ccc(C)c(Sc2c(C)c(C)c(OC(=O)c3ccccc3)c(OC(=O)c3ccccc3)c2C)c1C. The predicted octanol–water partition coefficient (Wildman–Crippen LogP) is 8.13. The molecule has 0 saturated carbocycles. The van der Waals surface area contributed by atoms with Gasteiger partial charge in [-0.2, -0.15) is 0 Å². The largest absolute Gasteiger partial charge is 0.419 e. The van der Waals surface area contributed by atoms with Crippen molar-refractivity contribution < 1.29 is 19.1 Å². The summed E-state index contributed by atoms with van der Waals surface area (Å²) in [7, 11) is 0. The molecule has 0 aliphatic heterocycles. The monoisotopic (exact) mass is 510 g/mol. The van der Waals surface area contributed by atoms with Crippen LogP contribution < -0.4 is 9.47 Å². The van der Waals surface area contributed by atoms with E-state index in [0.29, 0.717) is 11.1 Å². The van der Waals surface area contributed by atoms with E-state index in [-0.39, 0.29) is 11.5 Å². The fourth-order valence-corrected chi connectivity index (χ4v) is 5.40. The van der Waals surface area contributed by atoms with E-state index in [1.165, 1.54) is 21.6 Å². The van der Waals surface area contributed by atoms with Crippen LogP contribution >= 0.6 is 11.8 Å². The molecule has 4 nitrogen and oxygen atoms in total. The van der Waals surface area contributed by atoms with Gasteiger partial charge in [-0.25, -0.2) is 9.59 Å². The van der Waals surface area contributed by atoms with Gasteiger partial charge in [-0.15, -0.1) is 0 Å². The van der Waals surface area contributed by atoms with Crippen molar-refractivity contribution in [3.05, 3.63) is 117 Å². The molecule has 0 heterocycles. The van der Waals surface area contributed by atoms with E-state index in [1.807, 2.05) is 32.9 Å². The number of rotatable bonds is 6. The molecule has 0 unspecified atom stereocenters. The van der Waals surface area contributed by atoms with Crippen molar-refractivity contribution in [1.29, 1.82) is 0 Å². The Labute approximate surface area is 222 Å². The first-order chi connectivity index (χ1) is 17.7. The summed E-state index contributed by atoms with van der Waals surface area (Å²) < 4.78 is 11.9. The van der Waals surface area contributed by atoms with Crippen LogP contribution in [0, 0.1) is 41.5 Å². The summed E-state index contributed by atoms with van der Waals surface area (Å²) in [5, 5.41) is 0. The summed E-state index contributed by atoms with van der Waals surface area (Å²) in [5.41, 5.74) is 6.89. The van der Waals surface area contributed by atoms with E-state index in [2.05, 4.69) is 32.9 Å². The lowest BCUT2D eigenvalue weighted by Gasteiger charge is -2.22. The summed E-state index contributed by atoms with van der Waals surface area (Å²) in [6.07, 6.45) is 0. The summed E-state index contributed by atoms with van der Waals surface area (Å²) in [6.45, 7) is 12.1. The molecule has 0 aliphatic rings. The van der Waals surface area contributed by atoms with Crippen LogP contribution in [0.25, 0.3) is 0 Å². The fourth-order valence-electron chi connectivity index (χ4n) is 4.10. The number of ether oxygens (including phenoxy) is 2. The van der Waals surface area contributed by atoms with Gasteiger partial charge in [0.1, 0.15) is 0 Å². The third kappa shape index (κ3) is 5.47. The number of carbonyl (C=O) groups is 2. The van der Waals surface area contributed by atoms with Crippen LogP contribution in [0.4, 0.5) is 0 Å². The summed E-state index contributed by atoms with van der Waals surface area (Å²) in [6, 6.07) is 21.8. The third-order valence-electron chi connectivity index (χ3n) is 6.62. The van der Waals surface area contributed by atoms with Crippen molar-refractivity contribution in [3.8, 4) is 11.5 Å². The molecule has 0 fully saturated rings. The van der Waals surface area contributed by atoms with Crippen molar-refractivity contribution in [2.45, 2.75) is 51.3 Å². The maximum atomic E-state index is 13.1. The van der Waals surface area contributed by atoms with E-state index in [4.69, 9.17) is 9.47 Å². The Morgan fingerprint density at radius 2 is 0.973 bits per heavy atom. The minimum absolute atomic E-state index is 0.256. The van der Waals surface area contributed by atoms with Crippen molar-refractivity contribution in [3.63, 3.8) is 0 Å². The van der Waals surface area contributed by atoms with Gasteiger partial charge in [-0.3, -0.25) is 0 Å². The van der Waals surface area contributed by atoms with E-state index in [1.54, 1.807) is 60.3 Å². The lowest BCUT2D eigenvalue weighted by atomic mass is 10.0. The second-order valence-corrected chi connectivity index (χ2v) is 10.1. The summed E-state index contributed by atoms with van der Waals surface area (Å²) >= 11 is 1.65. The molecule has 0 amide bonds. The van der Waals surface area contributed by atoms with Crippen LogP contribution in [0.15, 0.2) is 82.6 Å². The van der Waals surface area contributed by atoms with Crippen LogP contribution in [0.2, 0.25) is 0 Å². The zero-order valence-corrected chi connectivity index (χ0v) is 22.8. The van der Waals surface area contributed by atoms with Crippen LogP contribution in [-0.4, -0.2) is 11.9 Å². The molecule has 0 bridgehead atoms. The normalized spacial score (nSPS) is 10.8. The maximum Gasteiger partial charge on any atom is 0.343 e.